The number of ether oxygens (including phenoxy) is 2. The SMILES string of the molecule is COc1cc(OC)cc(N2CCC(N[C@H](C)c3ccccn3)CC2)c1. The van der Waals surface area contributed by atoms with Crippen molar-refractivity contribution in [1.29, 1.82) is 0 Å². The maximum atomic E-state index is 5.38. The van der Waals surface area contributed by atoms with Crippen LogP contribution in [0.15, 0.2) is 42.6 Å². The van der Waals surface area contributed by atoms with Crippen molar-refractivity contribution in [2.75, 3.05) is 32.2 Å². The first-order valence-electron chi connectivity index (χ1n) is 8.84. The van der Waals surface area contributed by atoms with Crippen molar-refractivity contribution in [2.24, 2.45) is 0 Å². The van der Waals surface area contributed by atoms with E-state index in [0.29, 0.717) is 6.04 Å². The van der Waals surface area contributed by atoms with Crippen LogP contribution in [0.25, 0.3) is 0 Å². The molecule has 25 heavy (non-hydrogen) atoms. The number of hydrogen-bond donors (Lipinski definition) is 1. The fraction of sp³-hybridized carbons (Fsp3) is 0.450. The van der Waals surface area contributed by atoms with E-state index in [-0.39, 0.29) is 6.04 Å². The lowest BCUT2D eigenvalue weighted by atomic mass is 10.0. The summed E-state index contributed by atoms with van der Waals surface area (Å²) in [7, 11) is 3.38. The number of rotatable bonds is 6. The Morgan fingerprint density at radius 1 is 1.08 bits per heavy atom. The lowest BCUT2D eigenvalue weighted by Gasteiger charge is -2.35. The Hall–Kier alpha value is -2.27. The third-order valence-electron chi connectivity index (χ3n) is 4.81. The molecule has 0 saturated carbocycles. The van der Waals surface area contributed by atoms with Gasteiger partial charge in [-0.1, -0.05) is 6.07 Å². The van der Waals surface area contributed by atoms with Gasteiger partial charge in [0, 0.05) is 55.3 Å². The molecular weight excluding hydrogens is 314 g/mol. The molecule has 0 bridgehead atoms. The van der Waals surface area contributed by atoms with Crippen molar-refractivity contribution in [3.8, 4) is 11.5 Å². The highest BCUT2D eigenvalue weighted by atomic mass is 16.5. The first-order chi connectivity index (χ1) is 12.2. The Bertz CT molecular complexity index is 648. The zero-order valence-corrected chi connectivity index (χ0v) is 15.2. The van der Waals surface area contributed by atoms with Crippen LogP contribution < -0.4 is 19.7 Å². The predicted molar refractivity (Wildman–Crippen MR) is 101 cm³/mol. The van der Waals surface area contributed by atoms with Gasteiger partial charge in [-0.25, -0.2) is 0 Å². The smallest absolute Gasteiger partial charge is 0.124 e. The molecule has 1 aliphatic rings. The van der Waals surface area contributed by atoms with E-state index in [1.54, 1.807) is 14.2 Å². The topological polar surface area (TPSA) is 46.6 Å². The minimum atomic E-state index is 0.273. The third-order valence-corrected chi connectivity index (χ3v) is 4.81. The summed E-state index contributed by atoms with van der Waals surface area (Å²) in [5.74, 6) is 1.66. The van der Waals surface area contributed by atoms with Gasteiger partial charge in [0.2, 0.25) is 0 Å². The summed E-state index contributed by atoms with van der Waals surface area (Å²) in [4.78, 5) is 6.84. The lowest BCUT2D eigenvalue weighted by Crippen LogP contribution is -2.43. The average Bonchev–Trinajstić information content (AvgIpc) is 2.68. The van der Waals surface area contributed by atoms with Crippen LogP contribution in [0.2, 0.25) is 0 Å². The molecule has 1 aromatic heterocycles. The van der Waals surface area contributed by atoms with Crippen molar-refractivity contribution >= 4 is 5.69 Å². The van der Waals surface area contributed by atoms with E-state index >= 15 is 0 Å². The molecule has 2 heterocycles. The summed E-state index contributed by atoms with van der Waals surface area (Å²) >= 11 is 0. The second kappa shape index (κ2) is 8.21. The summed E-state index contributed by atoms with van der Waals surface area (Å²) < 4.78 is 10.8. The van der Waals surface area contributed by atoms with Crippen LogP contribution in [-0.2, 0) is 0 Å². The monoisotopic (exact) mass is 341 g/mol. The maximum Gasteiger partial charge on any atom is 0.124 e. The summed E-state index contributed by atoms with van der Waals surface area (Å²) in [5.41, 5.74) is 2.26. The standard InChI is InChI=1S/C20H27N3O2/c1-15(20-6-4-5-9-21-20)22-16-7-10-23(11-8-16)17-12-18(24-2)14-19(13-17)25-3/h4-6,9,12-16,22H,7-8,10-11H2,1-3H3/t15-/m1/s1. The van der Waals surface area contributed by atoms with Gasteiger partial charge in [0.05, 0.1) is 19.9 Å². The fourth-order valence-corrected chi connectivity index (χ4v) is 3.35. The molecule has 5 heteroatoms. The molecule has 134 valence electrons. The molecule has 0 radical (unpaired) electrons. The first-order valence-corrected chi connectivity index (χ1v) is 8.84. The van der Waals surface area contributed by atoms with E-state index < -0.39 is 0 Å². The van der Waals surface area contributed by atoms with Crippen LogP contribution in [0.4, 0.5) is 5.69 Å². The zero-order valence-electron chi connectivity index (χ0n) is 15.2. The molecule has 1 aromatic carbocycles. The van der Waals surface area contributed by atoms with Crippen molar-refractivity contribution in [1.82, 2.24) is 10.3 Å². The van der Waals surface area contributed by atoms with Crippen molar-refractivity contribution < 1.29 is 9.47 Å². The number of methoxy groups -OCH3 is 2. The van der Waals surface area contributed by atoms with Crippen LogP contribution in [0, 0.1) is 0 Å². The van der Waals surface area contributed by atoms with E-state index in [1.807, 2.05) is 24.4 Å². The second-order valence-electron chi connectivity index (χ2n) is 6.48. The molecular formula is C20H27N3O2. The summed E-state index contributed by atoms with van der Waals surface area (Å²) in [6.45, 7) is 4.22. The summed E-state index contributed by atoms with van der Waals surface area (Å²) in [6, 6.07) is 12.9. The Kier molecular flexibility index (Phi) is 5.76. The number of benzene rings is 1. The average molecular weight is 341 g/mol. The quantitative estimate of drug-likeness (QED) is 0.872. The minimum absolute atomic E-state index is 0.273. The highest BCUT2D eigenvalue weighted by Gasteiger charge is 2.22. The molecule has 0 amide bonds. The number of anilines is 1. The molecule has 3 rings (SSSR count). The van der Waals surface area contributed by atoms with Gasteiger partial charge in [-0.3, -0.25) is 4.98 Å². The van der Waals surface area contributed by atoms with Gasteiger partial charge in [0.15, 0.2) is 0 Å². The molecule has 5 nitrogen and oxygen atoms in total. The molecule has 1 saturated heterocycles. The number of hydrogen-bond acceptors (Lipinski definition) is 5. The Morgan fingerprint density at radius 2 is 1.76 bits per heavy atom. The maximum absolute atomic E-state index is 5.38. The number of piperidine rings is 1. The number of pyridine rings is 1. The van der Waals surface area contributed by atoms with Gasteiger partial charge in [-0.05, 0) is 31.9 Å². The van der Waals surface area contributed by atoms with Gasteiger partial charge in [0.1, 0.15) is 11.5 Å². The van der Waals surface area contributed by atoms with Crippen LogP contribution in [-0.4, -0.2) is 38.3 Å². The van der Waals surface area contributed by atoms with E-state index in [0.717, 1.165) is 48.8 Å². The summed E-state index contributed by atoms with van der Waals surface area (Å²) in [5, 5.41) is 3.71. The molecule has 0 aliphatic carbocycles. The Balaban J connectivity index is 1.58. The van der Waals surface area contributed by atoms with Gasteiger partial charge in [-0.2, -0.15) is 0 Å². The van der Waals surface area contributed by atoms with Crippen LogP contribution in [0.1, 0.15) is 31.5 Å². The summed E-state index contributed by atoms with van der Waals surface area (Å²) in [6.07, 6.45) is 4.07. The van der Waals surface area contributed by atoms with Crippen LogP contribution in [0.5, 0.6) is 11.5 Å². The van der Waals surface area contributed by atoms with E-state index in [9.17, 15) is 0 Å². The number of nitrogens with zero attached hydrogens (tertiary/aromatic N) is 2. The molecule has 1 fully saturated rings. The molecule has 2 aromatic rings. The van der Waals surface area contributed by atoms with E-state index in [1.165, 1.54) is 0 Å². The normalized spacial score (nSPS) is 16.5. The van der Waals surface area contributed by atoms with E-state index in [4.69, 9.17) is 9.47 Å². The molecule has 0 spiro atoms. The zero-order chi connectivity index (χ0) is 17.6. The fourth-order valence-electron chi connectivity index (χ4n) is 3.35. The molecule has 1 atom stereocenters. The molecule has 1 N–H and O–H groups in total. The van der Waals surface area contributed by atoms with Crippen molar-refractivity contribution in [3.63, 3.8) is 0 Å². The van der Waals surface area contributed by atoms with Gasteiger partial charge in [-0.15, -0.1) is 0 Å². The van der Waals surface area contributed by atoms with Crippen LogP contribution >= 0.6 is 0 Å². The second-order valence-corrected chi connectivity index (χ2v) is 6.48. The van der Waals surface area contributed by atoms with Crippen molar-refractivity contribution in [2.45, 2.75) is 31.8 Å². The van der Waals surface area contributed by atoms with Gasteiger partial charge < -0.3 is 19.7 Å². The largest absolute Gasteiger partial charge is 0.497 e. The molecule has 1 aliphatic heterocycles. The lowest BCUT2D eigenvalue weighted by molar-refractivity contribution is 0.375. The molecule has 0 unspecified atom stereocenters. The van der Waals surface area contributed by atoms with Crippen LogP contribution in [0.3, 0.4) is 0 Å². The Morgan fingerprint density at radius 3 is 2.32 bits per heavy atom. The third kappa shape index (κ3) is 4.42. The van der Waals surface area contributed by atoms with Crippen molar-refractivity contribution in [3.05, 3.63) is 48.3 Å². The minimum Gasteiger partial charge on any atom is -0.497 e. The highest BCUT2D eigenvalue weighted by molar-refractivity contribution is 5.56. The van der Waals surface area contributed by atoms with Gasteiger partial charge in [0.25, 0.3) is 0 Å². The first kappa shape index (κ1) is 17.5. The Labute approximate surface area is 150 Å². The predicted octanol–water partition coefficient (Wildman–Crippen LogP) is 3.42. The number of aromatic nitrogens is 1. The highest BCUT2D eigenvalue weighted by Crippen LogP contribution is 2.30. The van der Waals surface area contributed by atoms with E-state index in [2.05, 4.69) is 40.3 Å². The number of nitrogens with one attached hydrogen (secondary N) is 1. The van der Waals surface area contributed by atoms with Gasteiger partial charge >= 0.3 is 0 Å².